The van der Waals surface area contributed by atoms with Gasteiger partial charge in [-0.05, 0) is 47.4 Å². The highest BCUT2D eigenvalue weighted by molar-refractivity contribution is 7.99. The molecule has 7 nitrogen and oxygen atoms in total. The maximum absolute atomic E-state index is 13.1. The molecule has 2 fully saturated rings. The summed E-state index contributed by atoms with van der Waals surface area (Å²) in [5, 5.41) is 12.8. The Bertz CT molecular complexity index is 808. The van der Waals surface area contributed by atoms with Gasteiger partial charge in [0.1, 0.15) is 5.82 Å². The summed E-state index contributed by atoms with van der Waals surface area (Å²) in [5.41, 5.74) is 1.10. The lowest BCUT2D eigenvalue weighted by atomic mass is 10.2. The van der Waals surface area contributed by atoms with Crippen molar-refractivity contribution in [3.8, 4) is 0 Å². The second-order valence-corrected chi connectivity index (χ2v) is 8.71. The van der Waals surface area contributed by atoms with Gasteiger partial charge in [-0.3, -0.25) is 9.69 Å². The van der Waals surface area contributed by atoms with E-state index in [1.807, 2.05) is 21.7 Å². The molecule has 0 bridgehead atoms. The van der Waals surface area contributed by atoms with Gasteiger partial charge in [-0.2, -0.15) is 0 Å². The molecule has 0 atom stereocenters. The van der Waals surface area contributed by atoms with Crippen LogP contribution in [0.2, 0.25) is 0 Å². The van der Waals surface area contributed by atoms with Gasteiger partial charge in [-0.25, -0.2) is 9.07 Å². The number of carbonyl (C=O) groups is 1. The third kappa shape index (κ3) is 5.33. The van der Waals surface area contributed by atoms with Crippen LogP contribution in [0, 0.1) is 5.82 Å². The SMILES string of the molecule is O=C(CSc1nnnn1C1CCCC1)N1CCCN(Cc2ccc(F)cc2)CC1. The molecule has 2 aromatic rings. The number of nitrogens with zero attached hydrogens (tertiary/aromatic N) is 6. The van der Waals surface area contributed by atoms with Crippen LogP contribution < -0.4 is 0 Å². The first-order chi connectivity index (χ1) is 14.2. The fourth-order valence-electron chi connectivity index (χ4n) is 4.10. The molecule has 1 saturated carbocycles. The minimum Gasteiger partial charge on any atom is -0.341 e. The molecular weight excluding hydrogens is 391 g/mol. The van der Waals surface area contributed by atoms with Gasteiger partial charge in [-0.1, -0.05) is 36.7 Å². The van der Waals surface area contributed by atoms with E-state index < -0.39 is 0 Å². The van der Waals surface area contributed by atoms with Crippen LogP contribution >= 0.6 is 11.8 Å². The number of tetrazole rings is 1. The van der Waals surface area contributed by atoms with E-state index in [9.17, 15) is 9.18 Å². The molecule has 1 aliphatic carbocycles. The number of rotatable bonds is 6. The molecule has 0 unspecified atom stereocenters. The number of aromatic nitrogens is 4. The molecule has 156 valence electrons. The standard InChI is InChI=1S/C20H27FN6OS/c21-17-8-6-16(7-9-17)14-25-10-3-11-26(13-12-25)19(28)15-29-20-22-23-24-27(20)18-4-1-2-5-18/h6-9,18H,1-5,10-15H2. The number of benzene rings is 1. The van der Waals surface area contributed by atoms with Gasteiger partial charge in [0.15, 0.2) is 0 Å². The molecule has 1 aliphatic heterocycles. The second-order valence-electron chi connectivity index (χ2n) is 7.77. The Morgan fingerprint density at radius 2 is 1.86 bits per heavy atom. The van der Waals surface area contributed by atoms with Crippen molar-refractivity contribution in [2.75, 3.05) is 31.9 Å². The molecule has 1 aromatic heterocycles. The van der Waals surface area contributed by atoms with Crippen LogP contribution in [0.15, 0.2) is 29.4 Å². The van der Waals surface area contributed by atoms with Gasteiger partial charge in [0.05, 0.1) is 11.8 Å². The van der Waals surface area contributed by atoms with Crippen LogP contribution in [-0.4, -0.2) is 67.8 Å². The highest BCUT2D eigenvalue weighted by atomic mass is 32.2. The van der Waals surface area contributed by atoms with E-state index >= 15 is 0 Å². The highest BCUT2D eigenvalue weighted by Gasteiger charge is 2.24. The molecule has 2 heterocycles. The molecule has 29 heavy (non-hydrogen) atoms. The predicted molar refractivity (Wildman–Crippen MR) is 109 cm³/mol. The normalized spacial score (nSPS) is 18.9. The lowest BCUT2D eigenvalue weighted by Gasteiger charge is -2.22. The molecule has 4 rings (SSSR count). The van der Waals surface area contributed by atoms with Crippen LogP contribution in [-0.2, 0) is 11.3 Å². The molecule has 1 aromatic carbocycles. The molecule has 0 radical (unpaired) electrons. The molecule has 0 N–H and O–H groups in total. The predicted octanol–water partition coefficient (Wildman–Crippen LogP) is 2.75. The first kappa shape index (κ1) is 20.3. The average molecular weight is 419 g/mol. The van der Waals surface area contributed by atoms with Crippen LogP contribution in [0.1, 0.15) is 43.7 Å². The van der Waals surface area contributed by atoms with Gasteiger partial charge in [0.25, 0.3) is 0 Å². The molecule has 0 spiro atoms. The van der Waals surface area contributed by atoms with Crippen molar-refractivity contribution in [3.05, 3.63) is 35.6 Å². The van der Waals surface area contributed by atoms with E-state index in [1.165, 1.54) is 36.7 Å². The summed E-state index contributed by atoms with van der Waals surface area (Å²) in [6.45, 7) is 4.04. The summed E-state index contributed by atoms with van der Waals surface area (Å²) in [4.78, 5) is 17.0. The van der Waals surface area contributed by atoms with Crippen molar-refractivity contribution in [2.45, 2.75) is 49.8 Å². The van der Waals surface area contributed by atoms with Crippen LogP contribution in [0.5, 0.6) is 0 Å². The highest BCUT2D eigenvalue weighted by Crippen LogP contribution is 2.31. The van der Waals surface area contributed by atoms with E-state index in [4.69, 9.17) is 0 Å². The zero-order valence-corrected chi connectivity index (χ0v) is 17.4. The summed E-state index contributed by atoms with van der Waals surface area (Å²) in [7, 11) is 0. The van der Waals surface area contributed by atoms with E-state index in [2.05, 4.69) is 20.4 Å². The Morgan fingerprint density at radius 3 is 2.66 bits per heavy atom. The Labute approximate surface area is 174 Å². The van der Waals surface area contributed by atoms with Crippen molar-refractivity contribution in [1.29, 1.82) is 0 Å². The van der Waals surface area contributed by atoms with E-state index in [0.29, 0.717) is 18.3 Å². The van der Waals surface area contributed by atoms with E-state index in [1.54, 1.807) is 0 Å². The third-order valence-corrected chi connectivity index (χ3v) is 6.64. The summed E-state index contributed by atoms with van der Waals surface area (Å²) in [6.07, 6.45) is 5.61. The van der Waals surface area contributed by atoms with Crippen molar-refractivity contribution in [1.82, 2.24) is 30.0 Å². The Balaban J connectivity index is 1.26. The number of carbonyl (C=O) groups excluding carboxylic acids is 1. The van der Waals surface area contributed by atoms with Gasteiger partial charge in [-0.15, -0.1) is 5.10 Å². The van der Waals surface area contributed by atoms with Crippen LogP contribution in [0.25, 0.3) is 0 Å². The Kier molecular flexibility index (Phi) is 6.76. The number of amides is 1. The van der Waals surface area contributed by atoms with E-state index in [-0.39, 0.29) is 11.7 Å². The molecule has 2 aliphatic rings. The number of thioether (sulfide) groups is 1. The number of hydrogen-bond donors (Lipinski definition) is 0. The maximum atomic E-state index is 13.1. The fraction of sp³-hybridized carbons (Fsp3) is 0.600. The van der Waals surface area contributed by atoms with Crippen molar-refractivity contribution < 1.29 is 9.18 Å². The molecule has 1 amide bonds. The Hall–Kier alpha value is -2.00. The number of hydrogen-bond acceptors (Lipinski definition) is 6. The minimum absolute atomic E-state index is 0.139. The lowest BCUT2D eigenvalue weighted by molar-refractivity contribution is -0.128. The van der Waals surface area contributed by atoms with E-state index in [0.717, 1.165) is 56.2 Å². The summed E-state index contributed by atoms with van der Waals surface area (Å²) in [6, 6.07) is 7.03. The minimum atomic E-state index is -0.210. The zero-order chi connectivity index (χ0) is 20.1. The summed E-state index contributed by atoms with van der Waals surface area (Å²) < 4.78 is 15.0. The quantitative estimate of drug-likeness (QED) is 0.672. The number of halogens is 1. The average Bonchev–Trinajstić information content (AvgIpc) is 3.36. The zero-order valence-electron chi connectivity index (χ0n) is 16.5. The first-order valence-electron chi connectivity index (χ1n) is 10.3. The largest absolute Gasteiger partial charge is 0.341 e. The van der Waals surface area contributed by atoms with Crippen molar-refractivity contribution in [2.24, 2.45) is 0 Å². The molecule has 1 saturated heterocycles. The topological polar surface area (TPSA) is 67.2 Å². The van der Waals surface area contributed by atoms with Gasteiger partial charge in [0.2, 0.25) is 11.1 Å². The van der Waals surface area contributed by atoms with Crippen molar-refractivity contribution in [3.63, 3.8) is 0 Å². The fourth-order valence-corrected chi connectivity index (χ4v) is 4.95. The van der Waals surface area contributed by atoms with Gasteiger partial charge < -0.3 is 4.90 Å². The smallest absolute Gasteiger partial charge is 0.233 e. The van der Waals surface area contributed by atoms with Crippen molar-refractivity contribution >= 4 is 17.7 Å². The summed E-state index contributed by atoms with van der Waals surface area (Å²) >= 11 is 1.44. The van der Waals surface area contributed by atoms with Crippen LogP contribution in [0.3, 0.4) is 0 Å². The molecular formula is C20H27FN6OS. The maximum Gasteiger partial charge on any atom is 0.233 e. The lowest BCUT2D eigenvalue weighted by Crippen LogP contribution is -2.36. The second kappa shape index (κ2) is 9.67. The van der Waals surface area contributed by atoms with Gasteiger partial charge >= 0.3 is 0 Å². The summed E-state index contributed by atoms with van der Waals surface area (Å²) in [5.74, 6) is 0.294. The Morgan fingerprint density at radius 1 is 1.07 bits per heavy atom. The van der Waals surface area contributed by atoms with Crippen LogP contribution in [0.4, 0.5) is 4.39 Å². The monoisotopic (exact) mass is 418 g/mol. The van der Waals surface area contributed by atoms with Gasteiger partial charge in [0, 0.05) is 32.7 Å². The molecule has 9 heteroatoms. The third-order valence-electron chi connectivity index (χ3n) is 5.72. The first-order valence-corrected chi connectivity index (χ1v) is 11.3.